The summed E-state index contributed by atoms with van der Waals surface area (Å²) in [5.41, 5.74) is 1.80. The van der Waals surface area contributed by atoms with Gasteiger partial charge in [0.15, 0.2) is 0 Å². The quantitative estimate of drug-likeness (QED) is 0.900. The molecule has 2 aromatic rings. The molecule has 0 radical (unpaired) electrons. The minimum absolute atomic E-state index is 0.116. The molecule has 1 aliphatic heterocycles. The van der Waals surface area contributed by atoms with Crippen LogP contribution in [0.1, 0.15) is 16.9 Å². The van der Waals surface area contributed by atoms with E-state index in [0.29, 0.717) is 17.9 Å². The maximum absolute atomic E-state index is 13.0. The molecule has 0 bridgehead atoms. The van der Waals surface area contributed by atoms with Crippen LogP contribution in [0, 0.1) is 5.82 Å². The van der Waals surface area contributed by atoms with E-state index in [1.165, 1.54) is 12.1 Å². The number of carbonyl (C=O) groups excluding carboxylic acids is 1. The number of H-pyrrole nitrogens is 1. The van der Waals surface area contributed by atoms with Crippen molar-refractivity contribution in [3.63, 3.8) is 0 Å². The van der Waals surface area contributed by atoms with Crippen molar-refractivity contribution >= 4 is 5.91 Å². The number of methoxy groups -OCH3 is 1. The Bertz CT molecular complexity index is 731. The number of rotatable bonds is 5. The number of nitrogens with zero attached hydrogens (tertiary/aromatic N) is 3. The molecule has 2 atom stereocenters. The summed E-state index contributed by atoms with van der Waals surface area (Å²) in [5.74, 6) is -0.416. The molecule has 6 nitrogen and oxygen atoms in total. The van der Waals surface area contributed by atoms with E-state index < -0.39 is 0 Å². The fraction of sp³-hybridized carbons (Fsp3) is 0.444. The molecule has 134 valence electrons. The predicted octanol–water partition coefficient (Wildman–Crippen LogP) is 2.01. The molecule has 0 saturated carbocycles. The van der Waals surface area contributed by atoms with Crippen molar-refractivity contribution < 1.29 is 13.9 Å². The molecule has 7 heteroatoms. The third-order valence-electron chi connectivity index (χ3n) is 4.76. The first-order valence-corrected chi connectivity index (χ1v) is 8.27. The molecule has 1 saturated heterocycles. The number of ether oxygens (including phenoxy) is 1. The van der Waals surface area contributed by atoms with Crippen LogP contribution in [0.5, 0.6) is 0 Å². The van der Waals surface area contributed by atoms with Gasteiger partial charge in [0.05, 0.1) is 11.8 Å². The van der Waals surface area contributed by atoms with Gasteiger partial charge in [-0.1, -0.05) is 0 Å². The van der Waals surface area contributed by atoms with Crippen LogP contribution in [0.4, 0.5) is 4.39 Å². The SMILES string of the molecule is CO[C@H]1C[C@@H](CN(C)C(=O)c2cc(-c3ccc(F)cc3)n[nH]2)N(C)C1. The topological polar surface area (TPSA) is 61.5 Å². The number of likely N-dealkylation sites (N-methyl/N-ethyl adjacent to an activating group) is 2. The van der Waals surface area contributed by atoms with Gasteiger partial charge < -0.3 is 9.64 Å². The van der Waals surface area contributed by atoms with E-state index in [9.17, 15) is 9.18 Å². The van der Waals surface area contributed by atoms with Gasteiger partial charge in [0.2, 0.25) is 0 Å². The lowest BCUT2D eigenvalue weighted by Crippen LogP contribution is -2.39. The molecule has 1 N–H and O–H groups in total. The largest absolute Gasteiger partial charge is 0.380 e. The van der Waals surface area contributed by atoms with E-state index in [2.05, 4.69) is 15.1 Å². The first-order chi connectivity index (χ1) is 12.0. The number of nitrogens with one attached hydrogen (secondary N) is 1. The van der Waals surface area contributed by atoms with Crippen molar-refractivity contribution in [1.29, 1.82) is 0 Å². The number of hydrogen-bond acceptors (Lipinski definition) is 4. The first kappa shape index (κ1) is 17.6. The highest BCUT2D eigenvalue weighted by molar-refractivity contribution is 5.93. The van der Waals surface area contributed by atoms with Crippen molar-refractivity contribution in [2.24, 2.45) is 0 Å². The summed E-state index contributed by atoms with van der Waals surface area (Å²) in [7, 11) is 5.55. The van der Waals surface area contributed by atoms with Crippen LogP contribution in [0.25, 0.3) is 11.3 Å². The second kappa shape index (κ2) is 7.33. The highest BCUT2D eigenvalue weighted by atomic mass is 19.1. The summed E-state index contributed by atoms with van der Waals surface area (Å²) in [6, 6.07) is 8.00. The number of likely N-dealkylation sites (tertiary alicyclic amines) is 1. The lowest BCUT2D eigenvalue weighted by atomic mass is 10.1. The van der Waals surface area contributed by atoms with Gasteiger partial charge in [-0.3, -0.25) is 14.8 Å². The summed E-state index contributed by atoms with van der Waals surface area (Å²) in [6.07, 6.45) is 1.13. The number of hydrogen-bond donors (Lipinski definition) is 1. The zero-order chi connectivity index (χ0) is 18.0. The fourth-order valence-corrected chi connectivity index (χ4v) is 3.22. The van der Waals surface area contributed by atoms with E-state index in [-0.39, 0.29) is 23.9 Å². The van der Waals surface area contributed by atoms with Crippen LogP contribution in [-0.2, 0) is 4.74 Å². The molecule has 1 aromatic carbocycles. The van der Waals surface area contributed by atoms with Crippen LogP contribution in [0.3, 0.4) is 0 Å². The summed E-state index contributed by atoms with van der Waals surface area (Å²) < 4.78 is 18.4. The van der Waals surface area contributed by atoms with Gasteiger partial charge in [-0.15, -0.1) is 0 Å². The Morgan fingerprint density at radius 1 is 1.44 bits per heavy atom. The zero-order valence-corrected chi connectivity index (χ0v) is 14.7. The molecule has 1 aliphatic rings. The Kier molecular flexibility index (Phi) is 5.15. The summed E-state index contributed by atoms with van der Waals surface area (Å²) in [5, 5.41) is 6.95. The van der Waals surface area contributed by atoms with Crippen molar-refractivity contribution in [3.8, 4) is 11.3 Å². The molecule has 0 spiro atoms. The van der Waals surface area contributed by atoms with E-state index in [1.54, 1.807) is 37.3 Å². The summed E-state index contributed by atoms with van der Waals surface area (Å²) >= 11 is 0. The third kappa shape index (κ3) is 3.88. The normalized spacial score (nSPS) is 20.8. The molecule has 1 aromatic heterocycles. The van der Waals surface area contributed by atoms with Gasteiger partial charge in [-0.25, -0.2) is 4.39 Å². The van der Waals surface area contributed by atoms with Crippen LogP contribution in [0.15, 0.2) is 30.3 Å². The Morgan fingerprint density at radius 2 is 2.16 bits per heavy atom. The van der Waals surface area contributed by atoms with Crippen LogP contribution in [0.2, 0.25) is 0 Å². The standard InChI is InChI=1S/C18H23FN4O2/c1-22-11-15(25-3)8-14(22)10-23(2)18(24)17-9-16(20-21-17)12-4-6-13(19)7-5-12/h4-7,9,14-15H,8,10-11H2,1-3H3,(H,20,21)/t14-,15-/m0/s1. The van der Waals surface area contributed by atoms with Gasteiger partial charge in [0, 0.05) is 38.9 Å². The summed E-state index contributed by atoms with van der Waals surface area (Å²) in [4.78, 5) is 16.5. The maximum atomic E-state index is 13.0. The Morgan fingerprint density at radius 3 is 2.80 bits per heavy atom. The van der Waals surface area contributed by atoms with E-state index in [4.69, 9.17) is 4.74 Å². The molecule has 25 heavy (non-hydrogen) atoms. The average molecular weight is 346 g/mol. The van der Waals surface area contributed by atoms with Crippen molar-refractivity contribution in [2.45, 2.75) is 18.6 Å². The molecule has 0 aliphatic carbocycles. The van der Waals surface area contributed by atoms with Crippen LogP contribution < -0.4 is 0 Å². The second-order valence-corrected chi connectivity index (χ2v) is 6.55. The zero-order valence-electron chi connectivity index (χ0n) is 14.7. The molecule has 2 heterocycles. The Labute approximate surface area is 146 Å². The van der Waals surface area contributed by atoms with Gasteiger partial charge in [-0.2, -0.15) is 5.10 Å². The molecular formula is C18H23FN4O2. The van der Waals surface area contributed by atoms with Gasteiger partial charge in [0.25, 0.3) is 5.91 Å². The van der Waals surface area contributed by atoms with Gasteiger partial charge in [-0.05, 0) is 43.8 Å². The number of halogens is 1. The lowest BCUT2D eigenvalue weighted by molar-refractivity contribution is 0.0754. The van der Waals surface area contributed by atoms with E-state index in [1.807, 2.05) is 7.05 Å². The molecule has 3 rings (SSSR count). The second-order valence-electron chi connectivity index (χ2n) is 6.55. The number of carbonyl (C=O) groups is 1. The molecular weight excluding hydrogens is 323 g/mol. The number of amides is 1. The first-order valence-electron chi connectivity index (χ1n) is 8.27. The van der Waals surface area contributed by atoms with Crippen LogP contribution >= 0.6 is 0 Å². The predicted molar refractivity (Wildman–Crippen MR) is 92.8 cm³/mol. The minimum Gasteiger partial charge on any atom is -0.380 e. The lowest BCUT2D eigenvalue weighted by Gasteiger charge is -2.25. The van der Waals surface area contributed by atoms with Crippen molar-refractivity contribution in [2.75, 3.05) is 34.3 Å². The number of aromatic amines is 1. The fourth-order valence-electron chi connectivity index (χ4n) is 3.22. The smallest absolute Gasteiger partial charge is 0.271 e. The highest BCUT2D eigenvalue weighted by Gasteiger charge is 2.31. The molecule has 0 unspecified atom stereocenters. The van der Waals surface area contributed by atoms with Gasteiger partial charge in [0.1, 0.15) is 11.5 Å². The van der Waals surface area contributed by atoms with Crippen molar-refractivity contribution in [3.05, 3.63) is 41.8 Å². The molecule has 1 amide bonds. The maximum Gasteiger partial charge on any atom is 0.271 e. The van der Waals surface area contributed by atoms with E-state index >= 15 is 0 Å². The number of benzene rings is 1. The average Bonchev–Trinajstić information content (AvgIpc) is 3.22. The Balaban J connectivity index is 1.66. The monoisotopic (exact) mass is 346 g/mol. The van der Waals surface area contributed by atoms with E-state index in [0.717, 1.165) is 18.5 Å². The Hall–Kier alpha value is -2.25. The highest BCUT2D eigenvalue weighted by Crippen LogP contribution is 2.21. The van der Waals surface area contributed by atoms with Crippen LogP contribution in [-0.4, -0.2) is 72.3 Å². The van der Waals surface area contributed by atoms with Crippen molar-refractivity contribution in [1.82, 2.24) is 20.0 Å². The summed E-state index contributed by atoms with van der Waals surface area (Å²) in [6.45, 7) is 1.50. The minimum atomic E-state index is -0.301. The molecule has 1 fully saturated rings. The number of aromatic nitrogens is 2. The van der Waals surface area contributed by atoms with Gasteiger partial charge >= 0.3 is 0 Å². The third-order valence-corrected chi connectivity index (χ3v) is 4.76.